The number of nitrogens with one attached hydrogen (secondary N) is 1. The smallest absolute Gasteiger partial charge is 0.352 e. The summed E-state index contributed by atoms with van der Waals surface area (Å²) in [4.78, 5) is 25.7. The molecular weight excluding hydrogens is 330 g/mol. The molecule has 2 aliphatic heterocycles. The van der Waals surface area contributed by atoms with Gasteiger partial charge in [0.15, 0.2) is 6.23 Å². The van der Waals surface area contributed by atoms with Crippen molar-refractivity contribution in [3.8, 4) is 12.3 Å². The largest absolute Gasteiger partial charge is 0.462 e. The van der Waals surface area contributed by atoms with Gasteiger partial charge in [-0.3, -0.25) is 10.6 Å². The number of aliphatic hydroxyl groups excluding tert-OH is 2. The second-order valence-electron chi connectivity index (χ2n) is 6.54. The Kier molecular flexibility index (Phi) is 5.39. The van der Waals surface area contributed by atoms with E-state index in [4.69, 9.17) is 21.6 Å². The molecule has 138 valence electrons. The van der Waals surface area contributed by atoms with Crippen LogP contribution in [0.15, 0.2) is 11.8 Å². The lowest BCUT2D eigenvalue weighted by Gasteiger charge is -2.38. The Hall–Kier alpha value is -2.12. The van der Waals surface area contributed by atoms with E-state index in [0.717, 1.165) is 11.1 Å². The maximum absolute atomic E-state index is 12.4. The maximum Gasteiger partial charge on any atom is 0.352 e. The van der Waals surface area contributed by atoms with Crippen molar-refractivity contribution >= 4 is 12.0 Å². The van der Waals surface area contributed by atoms with Gasteiger partial charge in [0.25, 0.3) is 0 Å². The number of terminal acetylenes is 1. The molecule has 0 aromatic heterocycles. The molecule has 25 heavy (non-hydrogen) atoms. The van der Waals surface area contributed by atoms with Crippen LogP contribution in [0.1, 0.15) is 20.8 Å². The third-order valence-corrected chi connectivity index (χ3v) is 4.01. The second-order valence-corrected chi connectivity index (χ2v) is 6.54. The molecule has 0 spiro atoms. The van der Waals surface area contributed by atoms with Gasteiger partial charge in [-0.25, -0.2) is 9.59 Å². The second kappa shape index (κ2) is 7.01. The van der Waals surface area contributed by atoms with Crippen LogP contribution in [0.4, 0.5) is 4.79 Å². The van der Waals surface area contributed by atoms with Gasteiger partial charge >= 0.3 is 12.0 Å². The van der Waals surface area contributed by atoms with E-state index in [1.165, 1.54) is 0 Å². The van der Waals surface area contributed by atoms with Crippen molar-refractivity contribution in [3.63, 3.8) is 0 Å². The quantitative estimate of drug-likeness (QED) is 0.370. The lowest BCUT2D eigenvalue weighted by molar-refractivity contribution is -0.151. The fourth-order valence-electron chi connectivity index (χ4n) is 2.51. The average Bonchev–Trinajstić information content (AvgIpc) is 2.80. The molecule has 2 amide bonds. The van der Waals surface area contributed by atoms with Gasteiger partial charge in [0.2, 0.25) is 5.66 Å². The summed E-state index contributed by atoms with van der Waals surface area (Å²) in [5, 5.41) is 22.1. The molecule has 5 N–H and O–H groups in total. The van der Waals surface area contributed by atoms with Crippen LogP contribution in [0.25, 0.3) is 0 Å². The van der Waals surface area contributed by atoms with Crippen LogP contribution >= 0.6 is 0 Å². The van der Waals surface area contributed by atoms with Crippen molar-refractivity contribution in [1.82, 2.24) is 10.2 Å². The van der Waals surface area contributed by atoms with E-state index in [1.54, 1.807) is 6.92 Å². The first-order chi connectivity index (χ1) is 11.6. The van der Waals surface area contributed by atoms with Crippen molar-refractivity contribution in [2.24, 2.45) is 11.7 Å². The molecule has 0 aliphatic carbocycles. The SMILES string of the molecule is C#CC1=CN([C@@H]2O[C@H](C)[C@@H](O)[C@H]2O)C(=O)NC1(N)C(=O)OCC(C)C. The van der Waals surface area contributed by atoms with E-state index in [1.807, 2.05) is 13.8 Å². The molecule has 9 nitrogen and oxygen atoms in total. The van der Waals surface area contributed by atoms with Crippen molar-refractivity contribution in [2.75, 3.05) is 6.61 Å². The first-order valence-corrected chi connectivity index (χ1v) is 7.89. The van der Waals surface area contributed by atoms with Gasteiger partial charge < -0.3 is 25.0 Å². The van der Waals surface area contributed by atoms with Crippen molar-refractivity contribution < 1.29 is 29.3 Å². The molecule has 0 aromatic carbocycles. The molecule has 2 rings (SSSR count). The zero-order valence-electron chi connectivity index (χ0n) is 14.3. The number of nitrogens with two attached hydrogens (primary N) is 1. The molecular formula is C16H23N3O6. The number of carbonyl (C=O) groups excluding carboxylic acids is 2. The Morgan fingerprint density at radius 2 is 2.20 bits per heavy atom. The Labute approximate surface area is 145 Å². The molecule has 5 atom stereocenters. The normalized spacial score (nSPS) is 35.2. The number of hydrogen-bond donors (Lipinski definition) is 4. The zero-order chi connectivity index (χ0) is 18.9. The topological polar surface area (TPSA) is 134 Å². The van der Waals surface area contributed by atoms with E-state index < -0.39 is 42.2 Å². The van der Waals surface area contributed by atoms with Crippen LogP contribution in [-0.2, 0) is 14.3 Å². The Morgan fingerprint density at radius 3 is 2.68 bits per heavy atom. The average molecular weight is 353 g/mol. The monoisotopic (exact) mass is 353 g/mol. The number of urea groups is 1. The third-order valence-electron chi connectivity index (χ3n) is 4.01. The minimum Gasteiger partial charge on any atom is -0.462 e. The Balaban J connectivity index is 2.28. The molecule has 1 fully saturated rings. The molecule has 0 saturated carbocycles. The highest BCUT2D eigenvalue weighted by Crippen LogP contribution is 2.28. The van der Waals surface area contributed by atoms with Gasteiger partial charge in [-0.15, -0.1) is 6.42 Å². The number of hydrogen-bond acceptors (Lipinski definition) is 7. The predicted octanol–water partition coefficient (Wildman–Crippen LogP) is -1.15. The van der Waals surface area contributed by atoms with Crippen molar-refractivity contribution in [1.29, 1.82) is 0 Å². The summed E-state index contributed by atoms with van der Waals surface area (Å²) >= 11 is 0. The summed E-state index contributed by atoms with van der Waals surface area (Å²) in [5.41, 5.74) is 3.91. The number of nitrogens with zero attached hydrogens (tertiary/aromatic N) is 1. The van der Waals surface area contributed by atoms with Crippen LogP contribution in [0, 0.1) is 18.3 Å². The van der Waals surface area contributed by atoms with Crippen LogP contribution in [0.3, 0.4) is 0 Å². The molecule has 2 aliphatic rings. The summed E-state index contributed by atoms with van der Waals surface area (Å²) in [6.07, 6.45) is 2.23. The minimum absolute atomic E-state index is 0.0642. The lowest BCUT2D eigenvalue weighted by atomic mass is 9.99. The summed E-state index contributed by atoms with van der Waals surface area (Å²) in [7, 11) is 0. The van der Waals surface area contributed by atoms with Crippen LogP contribution in [0.5, 0.6) is 0 Å². The van der Waals surface area contributed by atoms with Gasteiger partial charge in [0.1, 0.15) is 12.2 Å². The highest BCUT2D eigenvalue weighted by atomic mass is 16.6. The number of esters is 1. The number of ether oxygens (including phenoxy) is 2. The van der Waals surface area contributed by atoms with E-state index in [9.17, 15) is 19.8 Å². The standard InChI is InChI=1S/C16H23N3O6/c1-5-10-6-19(13-12(21)11(20)9(4)25-13)15(23)18-16(10,17)14(22)24-7-8(2)3/h1,6,8-9,11-13,20-21H,7,17H2,2-4H3,(H,18,23)/t9-,11-,12-,13-,16?/m1/s1. The van der Waals surface area contributed by atoms with Gasteiger partial charge in [0, 0.05) is 6.20 Å². The summed E-state index contributed by atoms with van der Waals surface area (Å²) in [5.74, 6) is 1.44. The van der Waals surface area contributed by atoms with Crippen molar-refractivity contribution in [3.05, 3.63) is 11.8 Å². The first-order valence-electron chi connectivity index (χ1n) is 7.89. The molecule has 1 unspecified atom stereocenters. The van der Waals surface area contributed by atoms with E-state index in [-0.39, 0.29) is 18.1 Å². The van der Waals surface area contributed by atoms with Gasteiger partial charge in [0.05, 0.1) is 18.3 Å². The summed E-state index contributed by atoms with van der Waals surface area (Å²) in [6.45, 7) is 5.36. The Morgan fingerprint density at radius 1 is 1.56 bits per heavy atom. The van der Waals surface area contributed by atoms with Gasteiger partial charge in [-0.05, 0) is 12.8 Å². The summed E-state index contributed by atoms with van der Waals surface area (Å²) < 4.78 is 10.5. The van der Waals surface area contributed by atoms with Crippen LogP contribution in [-0.4, -0.2) is 63.9 Å². The van der Waals surface area contributed by atoms with Crippen molar-refractivity contribution in [2.45, 2.75) is 51.0 Å². The molecule has 0 bridgehead atoms. The molecule has 0 radical (unpaired) electrons. The van der Waals surface area contributed by atoms with Crippen LogP contribution < -0.4 is 11.1 Å². The number of amides is 2. The number of aliphatic hydroxyl groups is 2. The van der Waals surface area contributed by atoms with E-state index >= 15 is 0 Å². The van der Waals surface area contributed by atoms with E-state index in [0.29, 0.717) is 0 Å². The fourth-order valence-corrected chi connectivity index (χ4v) is 2.51. The molecule has 0 aromatic rings. The van der Waals surface area contributed by atoms with Gasteiger partial charge in [-0.2, -0.15) is 0 Å². The maximum atomic E-state index is 12.4. The number of carbonyl (C=O) groups is 2. The summed E-state index contributed by atoms with van der Waals surface area (Å²) in [6, 6.07) is -0.812. The lowest BCUT2D eigenvalue weighted by Crippen LogP contribution is -2.69. The van der Waals surface area contributed by atoms with Gasteiger partial charge in [-0.1, -0.05) is 19.8 Å². The zero-order valence-corrected chi connectivity index (χ0v) is 14.3. The minimum atomic E-state index is -2.01. The third kappa shape index (κ3) is 3.48. The fraction of sp³-hybridized carbons (Fsp3) is 0.625. The molecule has 1 saturated heterocycles. The highest BCUT2D eigenvalue weighted by Gasteiger charge is 2.50. The van der Waals surface area contributed by atoms with Crippen LogP contribution in [0.2, 0.25) is 0 Å². The first kappa shape index (κ1) is 19.2. The highest BCUT2D eigenvalue weighted by molar-refractivity contribution is 5.93. The van der Waals surface area contributed by atoms with E-state index in [2.05, 4.69) is 11.2 Å². The predicted molar refractivity (Wildman–Crippen MR) is 86.4 cm³/mol. The molecule has 2 heterocycles. The number of rotatable bonds is 4. The molecule has 9 heteroatoms. The Bertz CT molecular complexity index is 628.